The smallest absolute Gasteiger partial charge is 0.337 e. The molecule has 0 spiro atoms. The maximum Gasteiger partial charge on any atom is 0.337 e. The van der Waals surface area contributed by atoms with E-state index in [0.29, 0.717) is 25.1 Å². The van der Waals surface area contributed by atoms with Crippen molar-refractivity contribution < 1.29 is 14.3 Å². The molecule has 0 aromatic heterocycles. The van der Waals surface area contributed by atoms with Gasteiger partial charge in [-0.1, -0.05) is 12.1 Å². The molecule has 0 aliphatic carbocycles. The van der Waals surface area contributed by atoms with Crippen LogP contribution in [0.4, 0.5) is 0 Å². The van der Waals surface area contributed by atoms with E-state index in [1.807, 2.05) is 0 Å². The lowest BCUT2D eigenvalue weighted by Crippen LogP contribution is -2.26. The maximum atomic E-state index is 11.2. The van der Waals surface area contributed by atoms with Crippen LogP contribution in [0.2, 0.25) is 0 Å². The number of benzene rings is 1. The topological polar surface area (TPSA) is 87.6 Å². The van der Waals surface area contributed by atoms with Crippen molar-refractivity contribution >= 4 is 5.97 Å². The zero-order valence-electron chi connectivity index (χ0n) is 9.89. The molecule has 1 rings (SSSR count). The molecule has 4 N–H and O–H groups in total. The van der Waals surface area contributed by atoms with E-state index >= 15 is 0 Å². The number of hydrogen-bond donors (Lipinski definition) is 2. The Labute approximate surface area is 101 Å². The normalized spacial score (nSPS) is 12.2. The summed E-state index contributed by atoms with van der Waals surface area (Å²) in [6.07, 6.45) is 0.278. The van der Waals surface area contributed by atoms with Gasteiger partial charge in [-0.15, -0.1) is 0 Å². The summed E-state index contributed by atoms with van der Waals surface area (Å²) in [7, 11) is 1.35. The molecule has 1 aromatic rings. The Kier molecular flexibility index (Phi) is 5.62. The zero-order chi connectivity index (χ0) is 12.7. The van der Waals surface area contributed by atoms with Gasteiger partial charge in [0.05, 0.1) is 19.3 Å². The molecule has 1 aromatic carbocycles. The molecule has 0 amide bonds. The van der Waals surface area contributed by atoms with Gasteiger partial charge in [0.15, 0.2) is 0 Å². The third-order valence-electron chi connectivity index (χ3n) is 2.29. The first kappa shape index (κ1) is 13.6. The molecule has 0 aliphatic heterocycles. The van der Waals surface area contributed by atoms with Crippen LogP contribution in [-0.4, -0.2) is 25.9 Å². The number of nitrogens with two attached hydrogens (primary N) is 2. The molecule has 5 nitrogen and oxygen atoms in total. The Morgan fingerprint density at radius 2 is 2.00 bits per heavy atom. The van der Waals surface area contributed by atoms with Gasteiger partial charge in [0.1, 0.15) is 6.23 Å². The van der Waals surface area contributed by atoms with Crippen molar-refractivity contribution in [1.82, 2.24) is 0 Å². The summed E-state index contributed by atoms with van der Waals surface area (Å²) in [5.74, 6) is -0.350. The standard InChI is InChI=1S/C12H18N2O3/c1-16-12(15)10-4-2-9(3-5-10)8-17-11(14)6-7-13/h2-5,11H,6-8,13-14H2,1H3. The molecule has 94 valence electrons. The van der Waals surface area contributed by atoms with Crippen LogP contribution < -0.4 is 11.5 Å². The number of carbonyl (C=O) groups excluding carboxylic acids is 1. The lowest BCUT2D eigenvalue weighted by molar-refractivity contribution is 0.0410. The fourth-order valence-electron chi connectivity index (χ4n) is 1.31. The minimum absolute atomic E-state index is 0.347. The molecular formula is C12H18N2O3. The molecule has 0 saturated carbocycles. The van der Waals surface area contributed by atoms with E-state index in [0.717, 1.165) is 5.56 Å². The SMILES string of the molecule is COC(=O)c1ccc(COC(N)CCN)cc1. The molecule has 0 aliphatic rings. The molecule has 0 heterocycles. The second-order valence-corrected chi connectivity index (χ2v) is 3.62. The fourth-order valence-corrected chi connectivity index (χ4v) is 1.31. The average Bonchev–Trinajstić information content (AvgIpc) is 2.36. The Morgan fingerprint density at radius 1 is 1.35 bits per heavy atom. The van der Waals surface area contributed by atoms with E-state index in [4.69, 9.17) is 16.2 Å². The van der Waals surface area contributed by atoms with Crippen molar-refractivity contribution in [2.45, 2.75) is 19.3 Å². The highest BCUT2D eigenvalue weighted by Crippen LogP contribution is 2.07. The van der Waals surface area contributed by atoms with Gasteiger partial charge in [0, 0.05) is 0 Å². The van der Waals surface area contributed by atoms with Crippen LogP contribution in [0.25, 0.3) is 0 Å². The summed E-state index contributed by atoms with van der Waals surface area (Å²) < 4.78 is 9.98. The van der Waals surface area contributed by atoms with Crippen LogP contribution in [-0.2, 0) is 16.1 Å². The third-order valence-corrected chi connectivity index (χ3v) is 2.29. The molecule has 0 saturated heterocycles. The quantitative estimate of drug-likeness (QED) is 0.560. The van der Waals surface area contributed by atoms with Crippen molar-refractivity contribution in [2.24, 2.45) is 11.5 Å². The number of hydrogen-bond acceptors (Lipinski definition) is 5. The number of ether oxygens (including phenoxy) is 2. The highest BCUT2D eigenvalue weighted by Gasteiger charge is 2.05. The molecule has 5 heteroatoms. The van der Waals surface area contributed by atoms with E-state index in [1.54, 1.807) is 24.3 Å². The van der Waals surface area contributed by atoms with Crippen LogP contribution in [0.5, 0.6) is 0 Å². The van der Waals surface area contributed by atoms with Crippen molar-refractivity contribution in [2.75, 3.05) is 13.7 Å². The molecule has 1 atom stereocenters. The van der Waals surface area contributed by atoms with Crippen LogP contribution in [0.3, 0.4) is 0 Å². The Bertz CT molecular complexity index is 351. The van der Waals surface area contributed by atoms with Gasteiger partial charge in [-0.2, -0.15) is 0 Å². The largest absolute Gasteiger partial charge is 0.465 e. The first-order valence-electron chi connectivity index (χ1n) is 5.42. The van der Waals surface area contributed by atoms with Gasteiger partial charge in [0.25, 0.3) is 0 Å². The minimum Gasteiger partial charge on any atom is -0.465 e. The third kappa shape index (κ3) is 4.52. The van der Waals surface area contributed by atoms with E-state index in [-0.39, 0.29) is 12.2 Å². The van der Waals surface area contributed by atoms with Crippen LogP contribution in [0.1, 0.15) is 22.3 Å². The van der Waals surface area contributed by atoms with E-state index < -0.39 is 0 Å². The van der Waals surface area contributed by atoms with Crippen molar-refractivity contribution in [3.8, 4) is 0 Å². The van der Waals surface area contributed by atoms with Gasteiger partial charge in [-0.25, -0.2) is 4.79 Å². The number of methoxy groups -OCH3 is 1. The van der Waals surface area contributed by atoms with Crippen LogP contribution in [0.15, 0.2) is 24.3 Å². The summed E-state index contributed by atoms with van der Waals surface area (Å²) in [5.41, 5.74) is 12.5. The number of carbonyl (C=O) groups is 1. The van der Waals surface area contributed by atoms with Gasteiger partial charge in [0.2, 0.25) is 0 Å². The van der Waals surface area contributed by atoms with Crippen molar-refractivity contribution in [1.29, 1.82) is 0 Å². The van der Waals surface area contributed by atoms with Crippen molar-refractivity contribution in [3.05, 3.63) is 35.4 Å². The summed E-state index contributed by atoms with van der Waals surface area (Å²) >= 11 is 0. The molecule has 0 fully saturated rings. The first-order valence-corrected chi connectivity index (χ1v) is 5.42. The molecule has 0 radical (unpaired) electrons. The van der Waals surface area contributed by atoms with Gasteiger partial charge in [-0.05, 0) is 30.7 Å². The van der Waals surface area contributed by atoms with E-state index in [2.05, 4.69) is 4.74 Å². The first-order chi connectivity index (χ1) is 8.17. The van der Waals surface area contributed by atoms with Gasteiger partial charge >= 0.3 is 5.97 Å². The highest BCUT2D eigenvalue weighted by atomic mass is 16.5. The van der Waals surface area contributed by atoms with Crippen LogP contribution >= 0.6 is 0 Å². The number of esters is 1. The van der Waals surface area contributed by atoms with E-state index in [1.165, 1.54) is 7.11 Å². The highest BCUT2D eigenvalue weighted by molar-refractivity contribution is 5.89. The predicted molar refractivity (Wildman–Crippen MR) is 64.2 cm³/mol. The van der Waals surface area contributed by atoms with E-state index in [9.17, 15) is 4.79 Å². The predicted octanol–water partition coefficient (Wildman–Crippen LogP) is 0.623. The Balaban J connectivity index is 2.48. The summed E-state index contributed by atoms with van der Waals surface area (Å²) in [4.78, 5) is 11.2. The Hall–Kier alpha value is -1.43. The Morgan fingerprint density at radius 3 is 2.53 bits per heavy atom. The monoisotopic (exact) mass is 238 g/mol. The molecule has 0 bridgehead atoms. The summed E-state index contributed by atoms with van der Waals surface area (Å²) in [5, 5.41) is 0. The second-order valence-electron chi connectivity index (χ2n) is 3.62. The van der Waals surface area contributed by atoms with Crippen molar-refractivity contribution in [3.63, 3.8) is 0 Å². The molecular weight excluding hydrogens is 220 g/mol. The lowest BCUT2D eigenvalue weighted by Gasteiger charge is -2.11. The summed E-state index contributed by atoms with van der Waals surface area (Å²) in [6, 6.07) is 7.00. The zero-order valence-corrected chi connectivity index (χ0v) is 9.89. The number of rotatable bonds is 6. The lowest BCUT2D eigenvalue weighted by atomic mass is 10.1. The molecule has 1 unspecified atom stereocenters. The van der Waals surface area contributed by atoms with Gasteiger partial charge < -0.3 is 20.9 Å². The fraction of sp³-hybridized carbons (Fsp3) is 0.417. The van der Waals surface area contributed by atoms with Crippen LogP contribution in [0, 0.1) is 0 Å². The van der Waals surface area contributed by atoms with Gasteiger partial charge in [-0.3, -0.25) is 0 Å². The average molecular weight is 238 g/mol. The molecule has 17 heavy (non-hydrogen) atoms. The second kappa shape index (κ2) is 7.01. The summed E-state index contributed by atoms with van der Waals surface area (Å²) in [6.45, 7) is 0.908. The maximum absolute atomic E-state index is 11.2. The minimum atomic E-state index is -0.350.